The smallest absolute Gasteiger partial charge is 0.339 e. The molecule has 0 amide bonds. The summed E-state index contributed by atoms with van der Waals surface area (Å²) >= 11 is 2.07. The molecule has 0 saturated carbocycles. The van der Waals surface area contributed by atoms with Gasteiger partial charge in [-0.25, -0.2) is 4.79 Å². The molecule has 0 fully saturated rings. The van der Waals surface area contributed by atoms with E-state index in [9.17, 15) is 4.79 Å². The predicted octanol–water partition coefficient (Wildman–Crippen LogP) is 2.26. The number of ether oxygens (including phenoxy) is 1. The molecule has 18 heavy (non-hydrogen) atoms. The van der Waals surface area contributed by atoms with Crippen molar-refractivity contribution in [1.29, 1.82) is 0 Å². The zero-order valence-corrected chi connectivity index (χ0v) is 11.6. The van der Waals surface area contributed by atoms with Gasteiger partial charge < -0.3 is 9.84 Å². The Labute approximate surface area is 118 Å². The van der Waals surface area contributed by atoms with E-state index in [2.05, 4.69) is 27.7 Å². The third kappa shape index (κ3) is 3.22. The Morgan fingerprint density at radius 3 is 3.00 bits per heavy atom. The van der Waals surface area contributed by atoms with E-state index in [1.54, 1.807) is 23.0 Å². The fraction of sp³-hybridized carbons (Fsp3) is 0.167. The molecule has 1 heterocycles. The molecule has 94 valence electrons. The maximum atomic E-state index is 11.1. The number of aromatic nitrogens is 2. The van der Waals surface area contributed by atoms with E-state index in [-0.39, 0.29) is 5.56 Å². The molecule has 5 nitrogen and oxygen atoms in total. The highest BCUT2D eigenvalue weighted by molar-refractivity contribution is 14.1. The average Bonchev–Trinajstić information content (AvgIpc) is 2.84. The number of hydrogen-bond acceptors (Lipinski definition) is 3. The second-order valence-corrected chi connectivity index (χ2v) is 4.81. The van der Waals surface area contributed by atoms with Gasteiger partial charge >= 0.3 is 5.97 Å². The summed E-state index contributed by atoms with van der Waals surface area (Å²) in [7, 11) is 0. The fourth-order valence-corrected chi connectivity index (χ4v) is 1.97. The van der Waals surface area contributed by atoms with Crippen LogP contribution in [-0.2, 0) is 6.54 Å². The van der Waals surface area contributed by atoms with E-state index in [1.807, 2.05) is 18.3 Å². The molecular formula is C12H11IN2O3. The van der Waals surface area contributed by atoms with Crippen molar-refractivity contribution in [2.75, 3.05) is 6.61 Å². The van der Waals surface area contributed by atoms with Crippen LogP contribution in [0, 0.1) is 3.57 Å². The van der Waals surface area contributed by atoms with E-state index >= 15 is 0 Å². The summed E-state index contributed by atoms with van der Waals surface area (Å²) < 4.78 is 8.08. The summed E-state index contributed by atoms with van der Waals surface area (Å²) in [6, 6.07) is 6.91. The second-order valence-electron chi connectivity index (χ2n) is 3.56. The Kier molecular flexibility index (Phi) is 4.19. The van der Waals surface area contributed by atoms with Crippen molar-refractivity contribution < 1.29 is 14.6 Å². The van der Waals surface area contributed by atoms with Gasteiger partial charge in [-0.2, -0.15) is 5.10 Å². The Balaban J connectivity index is 2.02. The van der Waals surface area contributed by atoms with Crippen molar-refractivity contribution >= 4 is 28.6 Å². The Morgan fingerprint density at radius 2 is 2.33 bits per heavy atom. The first-order chi connectivity index (χ1) is 8.66. The lowest BCUT2D eigenvalue weighted by atomic mass is 10.2. The predicted molar refractivity (Wildman–Crippen MR) is 73.8 cm³/mol. The minimum Gasteiger partial charge on any atom is -0.491 e. The number of hydrogen-bond donors (Lipinski definition) is 1. The van der Waals surface area contributed by atoms with Crippen molar-refractivity contribution in [2.45, 2.75) is 6.54 Å². The zero-order valence-electron chi connectivity index (χ0n) is 9.41. The molecule has 0 spiro atoms. The maximum Gasteiger partial charge on any atom is 0.339 e. The van der Waals surface area contributed by atoms with Crippen LogP contribution in [0.1, 0.15) is 10.4 Å². The number of carboxylic acids is 1. The van der Waals surface area contributed by atoms with E-state index in [0.717, 1.165) is 3.57 Å². The number of halogens is 1. The van der Waals surface area contributed by atoms with Crippen LogP contribution in [0.2, 0.25) is 0 Å². The molecular weight excluding hydrogens is 347 g/mol. The number of rotatable bonds is 5. The first kappa shape index (κ1) is 12.9. The van der Waals surface area contributed by atoms with Gasteiger partial charge in [-0.05, 0) is 46.9 Å². The van der Waals surface area contributed by atoms with Gasteiger partial charge in [-0.1, -0.05) is 0 Å². The van der Waals surface area contributed by atoms with Crippen LogP contribution >= 0.6 is 22.6 Å². The highest BCUT2D eigenvalue weighted by Crippen LogP contribution is 2.21. The van der Waals surface area contributed by atoms with Crippen LogP contribution in [-0.4, -0.2) is 27.5 Å². The molecule has 0 radical (unpaired) electrons. The number of aromatic carboxylic acids is 1. The second kappa shape index (κ2) is 5.85. The first-order valence-corrected chi connectivity index (χ1v) is 6.38. The minimum absolute atomic E-state index is 0.183. The van der Waals surface area contributed by atoms with Gasteiger partial charge in [0.1, 0.15) is 17.9 Å². The van der Waals surface area contributed by atoms with E-state index < -0.39 is 5.97 Å². The lowest BCUT2D eigenvalue weighted by molar-refractivity contribution is 0.0692. The van der Waals surface area contributed by atoms with Crippen LogP contribution in [0.15, 0.2) is 36.7 Å². The van der Waals surface area contributed by atoms with Crippen LogP contribution in [0.4, 0.5) is 0 Å². The van der Waals surface area contributed by atoms with Crippen molar-refractivity contribution in [3.8, 4) is 5.75 Å². The number of carboxylic acid groups (broad SMARTS) is 1. The molecule has 6 heteroatoms. The zero-order chi connectivity index (χ0) is 13.0. The summed E-state index contributed by atoms with van der Waals surface area (Å²) in [5.41, 5.74) is 0.183. The Morgan fingerprint density at radius 1 is 1.50 bits per heavy atom. The van der Waals surface area contributed by atoms with Gasteiger partial charge in [0.15, 0.2) is 0 Å². The average molecular weight is 358 g/mol. The maximum absolute atomic E-state index is 11.1. The number of benzene rings is 1. The summed E-state index contributed by atoms with van der Waals surface area (Å²) in [5, 5.41) is 13.1. The Hall–Kier alpha value is -1.57. The third-order valence-corrected chi connectivity index (χ3v) is 2.98. The van der Waals surface area contributed by atoms with Crippen LogP contribution in [0.3, 0.4) is 0 Å². The number of carbonyl (C=O) groups is 1. The molecule has 2 aromatic rings. The van der Waals surface area contributed by atoms with Crippen molar-refractivity contribution in [3.63, 3.8) is 0 Å². The number of nitrogens with zero attached hydrogens (tertiary/aromatic N) is 2. The first-order valence-electron chi connectivity index (χ1n) is 5.30. The van der Waals surface area contributed by atoms with E-state index in [0.29, 0.717) is 18.9 Å². The molecule has 0 saturated heterocycles. The lowest BCUT2D eigenvalue weighted by Gasteiger charge is -2.09. The summed E-state index contributed by atoms with van der Waals surface area (Å²) in [6.07, 6.45) is 3.52. The molecule has 1 aromatic heterocycles. The van der Waals surface area contributed by atoms with Crippen molar-refractivity contribution in [1.82, 2.24) is 9.78 Å². The van der Waals surface area contributed by atoms with E-state index in [1.165, 1.54) is 0 Å². The molecule has 0 bridgehead atoms. The summed E-state index contributed by atoms with van der Waals surface area (Å²) in [4.78, 5) is 11.1. The minimum atomic E-state index is -0.984. The molecule has 1 aromatic carbocycles. The van der Waals surface area contributed by atoms with Gasteiger partial charge in [0.05, 0.1) is 6.54 Å². The molecule has 0 aliphatic rings. The van der Waals surface area contributed by atoms with Gasteiger partial charge in [-0.15, -0.1) is 0 Å². The van der Waals surface area contributed by atoms with E-state index in [4.69, 9.17) is 9.84 Å². The largest absolute Gasteiger partial charge is 0.491 e. The van der Waals surface area contributed by atoms with Crippen LogP contribution < -0.4 is 4.74 Å². The topological polar surface area (TPSA) is 64.3 Å². The van der Waals surface area contributed by atoms with Gasteiger partial charge in [0.2, 0.25) is 0 Å². The summed E-state index contributed by atoms with van der Waals surface area (Å²) in [6.45, 7) is 0.959. The van der Waals surface area contributed by atoms with Crippen molar-refractivity contribution in [2.24, 2.45) is 0 Å². The quantitative estimate of drug-likeness (QED) is 0.833. The Bertz CT molecular complexity index is 540. The van der Waals surface area contributed by atoms with Gasteiger partial charge in [0.25, 0.3) is 0 Å². The normalized spacial score (nSPS) is 10.3. The van der Waals surface area contributed by atoms with Crippen LogP contribution in [0.25, 0.3) is 0 Å². The van der Waals surface area contributed by atoms with Gasteiger partial charge in [-0.3, -0.25) is 4.68 Å². The van der Waals surface area contributed by atoms with Gasteiger partial charge in [0, 0.05) is 16.0 Å². The molecule has 0 aliphatic carbocycles. The van der Waals surface area contributed by atoms with Crippen molar-refractivity contribution in [3.05, 3.63) is 45.8 Å². The van der Waals surface area contributed by atoms with Crippen LogP contribution in [0.5, 0.6) is 5.75 Å². The molecule has 1 N–H and O–H groups in total. The molecule has 0 unspecified atom stereocenters. The standard InChI is InChI=1S/C12H11IN2O3/c13-9-2-3-11(10(8-9)12(16)17)18-7-6-15-5-1-4-14-15/h1-5,8H,6-7H2,(H,16,17). The fourth-order valence-electron chi connectivity index (χ4n) is 1.48. The monoisotopic (exact) mass is 358 g/mol. The summed E-state index contributed by atoms with van der Waals surface area (Å²) in [5.74, 6) is -0.599. The third-order valence-electron chi connectivity index (χ3n) is 2.31. The highest BCUT2D eigenvalue weighted by Gasteiger charge is 2.11. The lowest BCUT2D eigenvalue weighted by Crippen LogP contribution is -2.10. The molecule has 2 rings (SSSR count). The molecule has 0 aliphatic heterocycles. The SMILES string of the molecule is O=C(O)c1cc(I)ccc1OCCn1cccn1. The molecule has 0 atom stereocenters. The highest BCUT2D eigenvalue weighted by atomic mass is 127.